The monoisotopic (exact) mass is 277 g/mol. The molecule has 0 aliphatic heterocycles. The number of amides is 2. The molecule has 2 rings (SSSR count). The number of aromatic nitrogens is 1. The average molecular weight is 277 g/mol. The minimum atomic E-state index is -0.300. The number of carbonyl (C=O) groups excluding carboxylic acids is 2. The maximum absolute atomic E-state index is 12.0. The van der Waals surface area contributed by atoms with E-state index in [0.717, 1.165) is 6.42 Å². The molecule has 1 aromatic rings. The second kappa shape index (κ2) is 5.90. The summed E-state index contributed by atoms with van der Waals surface area (Å²) in [6.07, 6.45) is 2.42. The predicted molar refractivity (Wildman–Crippen MR) is 73.8 cm³/mol. The van der Waals surface area contributed by atoms with Crippen molar-refractivity contribution in [2.45, 2.75) is 26.3 Å². The Morgan fingerprint density at radius 1 is 1.45 bits per heavy atom. The quantitative estimate of drug-likeness (QED) is 0.840. The van der Waals surface area contributed by atoms with E-state index in [1.54, 1.807) is 0 Å². The minimum Gasteiger partial charge on any atom is -0.480 e. The highest BCUT2D eigenvalue weighted by atomic mass is 16.5. The van der Waals surface area contributed by atoms with E-state index in [4.69, 9.17) is 4.74 Å². The van der Waals surface area contributed by atoms with E-state index >= 15 is 0 Å². The molecule has 0 spiro atoms. The van der Waals surface area contributed by atoms with Gasteiger partial charge in [0.1, 0.15) is 5.56 Å². The van der Waals surface area contributed by atoms with Crippen LogP contribution in [0, 0.1) is 5.92 Å². The number of hydrogen-bond acceptors (Lipinski definition) is 4. The summed E-state index contributed by atoms with van der Waals surface area (Å²) in [5.41, 5.74) is 0.636. The van der Waals surface area contributed by atoms with E-state index in [0.29, 0.717) is 18.0 Å². The van der Waals surface area contributed by atoms with Crippen molar-refractivity contribution in [1.29, 1.82) is 0 Å². The Hall–Kier alpha value is -2.11. The van der Waals surface area contributed by atoms with Crippen molar-refractivity contribution < 1.29 is 14.3 Å². The van der Waals surface area contributed by atoms with Gasteiger partial charge in [-0.1, -0.05) is 6.92 Å². The normalized spacial score (nSPS) is 20.1. The smallest absolute Gasteiger partial charge is 0.256 e. The van der Waals surface area contributed by atoms with Crippen LogP contribution in [0.25, 0.3) is 0 Å². The van der Waals surface area contributed by atoms with Crippen LogP contribution in [0.1, 0.15) is 41.0 Å². The molecular formula is C14H19N3O3. The molecule has 0 aromatic carbocycles. The van der Waals surface area contributed by atoms with Crippen LogP contribution in [0.5, 0.6) is 5.88 Å². The van der Waals surface area contributed by atoms with Crippen molar-refractivity contribution in [3.8, 4) is 5.88 Å². The van der Waals surface area contributed by atoms with Crippen LogP contribution in [0.2, 0.25) is 0 Å². The lowest BCUT2D eigenvalue weighted by atomic mass is 10.1. The van der Waals surface area contributed by atoms with Gasteiger partial charge in [-0.15, -0.1) is 0 Å². The Kier molecular flexibility index (Phi) is 4.22. The molecular weight excluding hydrogens is 258 g/mol. The summed E-state index contributed by atoms with van der Waals surface area (Å²) in [7, 11) is 1.44. The summed E-state index contributed by atoms with van der Waals surface area (Å²) in [4.78, 5) is 28.0. The summed E-state index contributed by atoms with van der Waals surface area (Å²) in [6, 6.07) is 1.75. The summed E-state index contributed by atoms with van der Waals surface area (Å²) >= 11 is 0. The number of pyridine rings is 1. The second-order valence-corrected chi connectivity index (χ2v) is 4.93. The molecule has 1 heterocycles. The zero-order chi connectivity index (χ0) is 14.7. The van der Waals surface area contributed by atoms with Crippen molar-refractivity contribution in [2.75, 3.05) is 13.7 Å². The third kappa shape index (κ3) is 3.07. The Labute approximate surface area is 117 Å². The Bertz CT molecular complexity index is 530. The Morgan fingerprint density at radius 3 is 2.70 bits per heavy atom. The SMILES string of the molecule is CCNC(=O)c1cc(C(=O)N[C@H]2C[C@@H]2C)cnc1OC. The zero-order valence-corrected chi connectivity index (χ0v) is 11.9. The number of rotatable bonds is 5. The lowest BCUT2D eigenvalue weighted by molar-refractivity contribution is 0.0949. The molecule has 0 saturated heterocycles. The van der Waals surface area contributed by atoms with E-state index < -0.39 is 0 Å². The second-order valence-electron chi connectivity index (χ2n) is 4.93. The molecule has 1 aliphatic carbocycles. The van der Waals surface area contributed by atoms with Crippen LogP contribution < -0.4 is 15.4 Å². The maximum atomic E-state index is 12.0. The van der Waals surface area contributed by atoms with Gasteiger partial charge in [-0.05, 0) is 25.3 Å². The molecule has 1 fully saturated rings. The van der Waals surface area contributed by atoms with Crippen LogP contribution in [0.3, 0.4) is 0 Å². The minimum absolute atomic E-state index is 0.208. The summed E-state index contributed by atoms with van der Waals surface area (Å²) in [5.74, 6) is 0.228. The van der Waals surface area contributed by atoms with Crippen LogP contribution in [0.4, 0.5) is 0 Å². The first-order chi connectivity index (χ1) is 9.56. The standard InChI is InChI=1S/C14H19N3O3/c1-4-15-13(19)10-6-9(7-16-14(10)20-3)12(18)17-11-5-8(11)2/h6-8,11H,4-5H2,1-3H3,(H,15,19)(H,17,18)/t8-,11-/m0/s1. The van der Waals surface area contributed by atoms with Gasteiger partial charge in [-0.3, -0.25) is 9.59 Å². The van der Waals surface area contributed by atoms with Gasteiger partial charge in [0.15, 0.2) is 0 Å². The van der Waals surface area contributed by atoms with Crippen molar-refractivity contribution in [3.63, 3.8) is 0 Å². The van der Waals surface area contributed by atoms with Gasteiger partial charge in [-0.2, -0.15) is 0 Å². The first-order valence-corrected chi connectivity index (χ1v) is 6.69. The maximum Gasteiger partial charge on any atom is 0.256 e. The van der Waals surface area contributed by atoms with Gasteiger partial charge in [-0.25, -0.2) is 4.98 Å². The highest BCUT2D eigenvalue weighted by molar-refractivity contribution is 6.00. The molecule has 6 nitrogen and oxygen atoms in total. The molecule has 2 atom stereocenters. The van der Waals surface area contributed by atoms with E-state index in [-0.39, 0.29) is 29.3 Å². The van der Waals surface area contributed by atoms with Crippen molar-refractivity contribution in [3.05, 3.63) is 23.4 Å². The first kappa shape index (κ1) is 14.3. The molecule has 1 saturated carbocycles. The molecule has 108 valence electrons. The number of carbonyl (C=O) groups is 2. The molecule has 2 N–H and O–H groups in total. The average Bonchev–Trinajstić information content (AvgIpc) is 3.13. The lowest BCUT2D eigenvalue weighted by Crippen LogP contribution is -2.28. The molecule has 20 heavy (non-hydrogen) atoms. The van der Waals surface area contributed by atoms with E-state index in [1.807, 2.05) is 6.92 Å². The van der Waals surface area contributed by atoms with Crippen LogP contribution >= 0.6 is 0 Å². The lowest BCUT2D eigenvalue weighted by Gasteiger charge is -2.09. The third-order valence-electron chi connectivity index (χ3n) is 3.31. The molecule has 6 heteroatoms. The van der Waals surface area contributed by atoms with Crippen LogP contribution in [-0.2, 0) is 0 Å². The molecule has 2 amide bonds. The van der Waals surface area contributed by atoms with Gasteiger partial charge in [0.05, 0.1) is 12.7 Å². The fourth-order valence-corrected chi connectivity index (χ4v) is 1.93. The van der Waals surface area contributed by atoms with E-state index in [9.17, 15) is 9.59 Å². The van der Waals surface area contributed by atoms with Crippen LogP contribution in [-0.4, -0.2) is 36.5 Å². The summed E-state index contributed by atoms with van der Waals surface area (Å²) in [6.45, 7) is 4.40. The van der Waals surface area contributed by atoms with Crippen molar-refractivity contribution in [2.24, 2.45) is 5.92 Å². The van der Waals surface area contributed by atoms with Gasteiger partial charge < -0.3 is 15.4 Å². The van der Waals surface area contributed by atoms with Gasteiger partial charge in [0.25, 0.3) is 11.8 Å². The molecule has 0 radical (unpaired) electrons. The van der Waals surface area contributed by atoms with Gasteiger partial charge in [0, 0.05) is 18.8 Å². The number of nitrogens with zero attached hydrogens (tertiary/aromatic N) is 1. The highest BCUT2D eigenvalue weighted by Crippen LogP contribution is 2.29. The van der Waals surface area contributed by atoms with Gasteiger partial charge >= 0.3 is 0 Å². The fraction of sp³-hybridized carbons (Fsp3) is 0.500. The molecule has 1 aromatic heterocycles. The molecule has 1 aliphatic rings. The number of ether oxygens (including phenoxy) is 1. The van der Waals surface area contributed by atoms with Crippen LogP contribution in [0.15, 0.2) is 12.3 Å². The van der Waals surface area contributed by atoms with E-state index in [1.165, 1.54) is 19.4 Å². The highest BCUT2D eigenvalue weighted by Gasteiger charge is 2.34. The Morgan fingerprint density at radius 2 is 2.15 bits per heavy atom. The number of nitrogens with one attached hydrogen (secondary N) is 2. The van der Waals surface area contributed by atoms with Crippen molar-refractivity contribution >= 4 is 11.8 Å². The topological polar surface area (TPSA) is 80.3 Å². The molecule has 0 bridgehead atoms. The summed E-state index contributed by atoms with van der Waals surface area (Å²) < 4.78 is 5.05. The van der Waals surface area contributed by atoms with Crippen molar-refractivity contribution in [1.82, 2.24) is 15.6 Å². The largest absolute Gasteiger partial charge is 0.480 e. The zero-order valence-electron chi connectivity index (χ0n) is 11.9. The third-order valence-corrected chi connectivity index (χ3v) is 3.31. The summed E-state index contributed by atoms with van der Waals surface area (Å²) in [5, 5.41) is 5.58. The van der Waals surface area contributed by atoms with Gasteiger partial charge in [0.2, 0.25) is 5.88 Å². The predicted octanol–water partition coefficient (Wildman–Crippen LogP) is 0.978. The number of hydrogen-bond donors (Lipinski definition) is 2. The Balaban J connectivity index is 2.19. The first-order valence-electron chi connectivity index (χ1n) is 6.69. The molecule has 0 unspecified atom stereocenters. The van der Waals surface area contributed by atoms with E-state index in [2.05, 4.69) is 22.5 Å². The number of methoxy groups -OCH3 is 1. The fourth-order valence-electron chi connectivity index (χ4n) is 1.93.